The molecule has 0 heterocycles. The van der Waals surface area contributed by atoms with Crippen molar-refractivity contribution in [3.63, 3.8) is 0 Å². The molecule has 0 bridgehead atoms. The number of carbonyl (C=O) groups is 2. The monoisotopic (exact) mass is 330 g/mol. The number of benzene rings is 1. The number of carbonyl (C=O) groups excluding carboxylic acids is 2. The minimum Gasteiger partial charge on any atom is -0.494 e. The van der Waals surface area contributed by atoms with Crippen LogP contribution in [0.25, 0.3) is 6.08 Å². The minimum absolute atomic E-state index is 0.266. The first-order valence-electron chi connectivity index (χ1n) is 7.98. The molecule has 0 atom stereocenters. The Kier molecular flexibility index (Phi) is 6.61. The van der Waals surface area contributed by atoms with Gasteiger partial charge in [0.05, 0.1) is 20.3 Å². The van der Waals surface area contributed by atoms with Gasteiger partial charge in [-0.1, -0.05) is 12.6 Å². The Morgan fingerprint density at radius 3 is 2.75 bits per heavy atom. The van der Waals surface area contributed by atoms with Crippen LogP contribution in [0.2, 0.25) is 0 Å². The molecule has 0 amide bonds. The quantitative estimate of drug-likeness (QED) is 0.416. The minimum atomic E-state index is -0.398. The molecule has 2 rings (SSSR count). The SMILES string of the molecule is C=CC(=O)OCCCCOc1ccc2c(c1)CCC(C(=O)OC)=C2. The van der Waals surface area contributed by atoms with Gasteiger partial charge in [-0.15, -0.1) is 0 Å². The van der Waals surface area contributed by atoms with E-state index < -0.39 is 5.97 Å². The summed E-state index contributed by atoms with van der Waals surface area (Å²) in [5.74, 6) is 0.148. The highest BCUT2D eigenvalue weighted by atomic mass is 16.5. The maximum Gasteiger partial charge on any atom is 0.333 e. The third-order valence-electron chi connectivity index (χ3n) is 3.77. The molecule has 0 fully saturated rings. The van der Waals surface area contributed by atoms with E-state index >= 15 is 0 Å². The lowest BCUT2D eigenvalue weighted by molar-refractivity contribution is -0.138. The summed E-state index contributed by atoms with van der Waals surface area (Å²) < 4.78 is 15.4. The van der Waals surface area contributed by atoms with Gasteiger partial charge in [-0.2, -0.15) is 0 Å². The van der Waals surface area contributed by atoms with E-state index in [1.807, 2.05) is 24.3 Å². The summed E-state index contributed by atoms with van der Waals surface area (Å²) in [6, 6.07) is 5.86. The third-order valence-corrected chi connectivity index (χ3v) is 3.77. The van der Waals surface area contributed by atoms with Crippen LogP contribution < -0.4 is 4.74 Å². The number of ether oxygens (including phenoxy) is 3. The number of hydrogen-bond acceptors (Lipinski definition) is 5. The number of methoxy groups -OCH3 is 1. The zero-order valence-corrected chi connectivity index (χ0v) is 13.9. The highest BCUT2D eigenvalue weighted by Crippen LogP contribution is 2.28. The van der Waals surface area contributed by atoms with Crippen LogP contribution in [0.4, 0.5) is 0 Å². The zero-order valence-electron chi connectivity index (χ0n) is 13.9. The molecule has 0 aliphatic heterocycles. The van der Waals surface area contributed by atoms with Gasteiger partial charge in [0.2, 0.25) is 0 Å². The van der Waals surface area contributed by atoms with Crippen molar-refractivity contribution in [2.45, 2.75) is 25.7 Å². The molecular formula is C19H22O5. The molecule has 0 saturated heterocycles. The van der Waals surface area contributed by atoms with Crippen LogP contribution in [0.3, 0.4) is 0 Å². The normalized spacial score (nSPS) is 12.6. The van der Waals surface area contributed by atoms with E-state index in [0.29, 0.717) is 25.2 Å². The van der Waals surface area contributed by atoms with Crippen LogP contribution in [-0.2, 0) is 25.5 Å². The van der Waals surface area contributed by atoms with Gasteiger partial charge in [0, 0.05) is 11.6 Å². The van der Waals surface area contributed by atoms with Gasteiger partial charge in [-0.05, 0) is 55.0 Å². The highest BCUT2D eigenvalue weighted by Gasteiger charge is 2.16. The van der Waals surface area contributed by atoms with Crippen LogP contribution in [0.15, 0.2) is 36.4 Å². The summed E-state index contributed by atoms with van der Waals surface area (Å²) in [4.78, 5) is 22.5. The Labute approximate surface area is 141 Å². The lowest BCUT2D eigenvalue weighted by Gasteiger charge is -2.16. The summed E-state index contributed by atoms with van der Waals surface area (Å²) in [6.07, 6.45) is 6.05. The third kappa shape index (κ3) is 4.98. The Bertz CT molecular complexity index is 645. The standard InChI is InChI=1S/C19H22O5/c1-3-18(20)24-11-5-4-10-23-17-9-8-14-12-16(19(21)22-2)7-6-15(14)13-17/h3,8-9,12-13H,1,4-7,10-11H2,2H3. The Balaban J connectivity index is 1.80. The summed E-state index contributed by atoms with van der Waals surface area (Å²) in [7, 11) is 1.40. The van der Waals surface area contributed by atoms with Gasteiger partial charge < -0.3 is 14.2 Å². The Morgan fingerprint density at radius 1 is 1.21 bits per heavy atom. The molecule has 0 saturated carbocycles. The van der Waals surface area contributed by atoms with E-state index in [9.17, 15) is 9.59 Å². The van der Waals surface area contributed by atoms with Gasteiger partial charge in [0.25, 0.3) is 0 Å². The number of unbranched alkanes of at least 4 members (excludes halogenated alkanes) is 1. The Hall–Kier alpha value is -2.56. The van der Waals surface area contributed by atoms with Crippen molar-refractivity contribution in [2.75, 3.05) is 20.3 Å². The van der Waals surface area contributed by atoms with Crippen LogP contribution in [0, 0.1) is 0 Å². The molecule has 0 N–H and O–H groups in total. The predicted octanol–water partition coefficient (Wildman–Crippen LogP) is 3.08. The number of fused-ring (bicyclic) bond motifs is 1. The van der Waals surface area contributed by atoms with E-state index in [2.05, 4.69) is 6.58 Å². The van der Waals surface area contributed by atoms with Crippen LogP contribution in [0.1, 0.15) is 30.4 Å². The topological polar surface area (TPSA) is 61.8 Å². The molecule has 1 aromatic carbocycles. The summed E-state index contributed by atoms with van der Waals surface area (Å²) in [5.41, 5.74) is 2.90. The van der Waals surface area contributed by atoms with Crippen molar-refractivity contribution >= 4 is 18.0 Å². The van der Waals surface area contributed by atoms with Gasteiger partial charge in [0.1, 0.15) is 5.75 Å². The van der Waals surface area contributed by atoms with Gasteiger partial charge in [-0.3, -0.25) is 0 Å². The molecular weight excluding hydrogens is 308 g/mol. The van der Waals surface area contributed by atoms with Crippen LogP contribution in [0.5, 0.6) is 5.75 Å². The van der Waals surface area contributed by atoms with Crippen LogP contribution >= 0.6 is 0 Å². The molecule has 1 aliphatic carbocycles. The molecule has 0 aromatic heterocycles. The van der Waals surface area contributed by atoms with Crippen molar-refractivity contribution in [1.29, 1.82) is 0 Å². The van der Waals surface area contributed by atoms with Crippen molar-refractivity contribution in [2.24, 2.45) is 0 Å². The van der Waals surface area contributed by atoms with E-state index in [1.54, 1.807) is 0 Å². The summed E-state index contributed by atoms with van der Waals surface area (Å²) >= 11 is 0. The summed E-state index contributed by atoms with van der Waals surface area (Å²) in [6.45, 7) is 4.28. The van der Waals surface area contributed by atoms with Crippen molar-refractivity contribution in [1.82, 2.24) is 0 Å². The van der Waals surface area contributed by atoms with Crippen molar-refractivity contribution < 1.29 is 23.8 Å². The molecule has 0 unspecified atom stereocenters. The molecule has 5 nitrogen and oxygen atoms in total. The predicted molar refractivity (Wildman–Crippen MR) is 90.6 cm³/mol. The fraction of sp³-hybridized carbons (Fsp3) is 0.368. The largest absolute Gasteiger partial charge is 0.494 e. The molecule has 128 valence electrons. The van der Waals surface area contributed by atoms with Crippen molar-refractivity contribution in [3.8, 4) is 5.75 Å². The maximum atomic E-state index is 11.6. The summed E-state index contributed by atoms with van der Waals surface area (Å²) in [5, 5.41) is 0. The van der Waals surface area contributed by atoms with Crippen molar-refractivity contribution in [3.05, 3.63) is 47.6 Å². The lowest BCUT2D eigenvalue weighted by atomic mass is 9.92. The highest BCUT2D eigenvalue weighted by molar-refractivity contribution is 5.94. The number of aryl methyl sites for hydroxylation is 1. The van der Waals surface area contributed by atoms with E-state index in [4.69, 9.17) is 14.2 Å². The smallest absolute Gasteiger partial charge is 0.333 e. The van der Waals surface area contributed by atoms with Crippen LogP contribution in [-0.4, -0.2) is 32.3 Å². The van der Waals surface area contributed by atoms with E-state index in [1.165, 1.54) is 12.7 Å². The van der Waals surface area contributed by atoms with Gasteiger partial charge in [0.15, 0.2) is 0 Å². The first-order chi connectivity index (χ1) is 11.6. The average Bonchev–Trinajstić information content (AvgIpc) is 2.62. The molecule has 5 heteroatoms. The fourth-order valence-electron chi connectivity index (χ4n) is 2.48. The first-order valence-corrected chi connectivity index (χ1v) is 7.98. The Morgan fingerprint density at radius 2 is 2.00 bits per heavy atom. The second-order valence-corrected chi connectivity index (χ2v) is 5.45. The lowest BCUT2D eigenvalue weighted by Crippen LogP contribution is -2.10. The molecule has 0 spiro atoms. The van der Waals surface area contributed by atoms with Gasteiger partial charge >= 0.3 is 11.9 Å². The van der Waals surface area contributed by atoms with E-state index in [-0.39, 0.29) is 5.97 Å². The van der Waals surface area contributed by atoms with Gasteiger partial charge in [-0.25, -0.2) is 9.59 Å². The molecule has 24 heavy (non-hydrogen) atoms. The second-order valence-electron chi connectivity index (χ2n) is 5.45. The fourth-order valence-corrected chi connectivity index (χ4v) is 2.48. The maximum absolute atomic E-state index is 11.6. The molecule has 0 radical (unpaired) electrons. The average molecular weight is 330 g/mol. The van der Waals surface area contributed by atoms with E-state index in [0.717, 1.165) is 36.7 Å². The number of rotatable bonds is 8. The number of hydrogen-bond donors (Lipinski definition) is 0. The first kappa shape index (κ1) is 17.8. The zero-order chi connectivity index (χ0) is 17.4. The number of esters is 2. The molecule has 1 aromatic rings. The second kappa shape index (κ2) is 8.91. The molecule has 1 aliphatic rings.